The van der Waals surface area contributed by atoms with Crippen LogP contribution in [-0.4, -0.2) is 35.8 Å². The molecule has 0 radical (unpaired) electrons. The smallest absolute Gasteiger partial charge is 0.307 e. The van der Waals surface area contributed by atoms with Crippen molar-refractivity contribution < 1.29 is 14.3 Å². The first-order valence-corrected chi connectivity index (χ1v) is 8.15. The molecule has 1 heterocycles. The van der Waals surface area contributed by atoms with Gasteiger partial charge in [0, 0.05) is 12.6 Å². The number of carbonyl (C=O) groups excluding carboxylic acids is 2. The highest BCUT2D eigenvalue weighted by atomic mass is 16.5. The number of benzene rings is 1. The van der Waals surface area contributed by atoms with Gasteiger partial charge in [0.15, 0.2) is 0 Å². The molecular weight excluding hydrogens is 278 g/mol. The second-order valence-electron chi connectivity index (χ2n) is 5.87. The zero-order valence-corrected chi connectivity index (χ0v) is 13.2. The Hall–Kier alpha value is -1.68. The Labute approximate surface area is 132 Å². The maximum Gasteiger partial charge on any atom is 0.307 e. The van der Waals surface area contributed by atoms with Crippen molar-refractivity contribution in [2.24, 2.45) is 0 Å². The van der Waals surface area contributed by atoms with Crippen molar-refractivity contribution in [1.82, 2.24) is 4.90 Å². The molecule has 0 spiro atoms. The first-order valence-electron chi connectivity index (χ1n) is 8.15. The number of ether oxygens (including phenoxy) is 1. The van der Waals surface area contributed by atoms with Gasteiger partial charge in [0.25, 0.3) is 0 Å². The van der Waals surface area contributed by atoms with E-state index in [9.17, 15) is 9.59 Å². The van der Waals surface area contributed by atoms with Crippen molar-refractivity contribution in [3.8, 4) is 0 Å². The summed E-state index contributed by atoms with van der Waals surface area (Å²) in [5.41, 5.74) is 1.17. The molecule has 4 heteroatoms. The van der Waals surface area contributed by atoms with E-state index in [1.54, 1.807) is 0 Å². The fraction of sp³-hybridized carbons (Fsp3) is 0.556. The molecule has 0 aliphatic carbocycles. The Balaban J connectivity index is 1.94. The molecule has 1 aromatic rings. The molecule has 0 bridgehead atoms. The van der Waals surface area contributed by atoms with E-state index >= 15 is 0 Å². The molecule has 4 nitrogen and oxygen atoms in total. The Kier molecular flexibility index (Phi) is 6.59. The first kappa shape index (κ1) is 16.7. The predicted octanol–water partition coefficient (Wildman–Crippen LogP) is 2.95. The van der Waals surface area contributed by atoms with Crippen LogP contribution < -0.4 is 0 Å². The highest BCUT2D eigenvalue weighted by Gasteiger charge is 2.34. The number of carbonyl (C=O) groups is 2. The topological polar surface area (TPSA) is 46.6 Å². The standard InChI is InChI=1S/C18H25NO3/c1-2-3-11-22-18(21)12-16-9-10-17(14-20)19(16)13-15-7-5-4-6-8-15/h4-8,14,16-17H,2-3,9-13H2,1H3/t16-,17-/m1/s1. The van der Waals surface area contributed by atoms with Gasteiger partial charge in [0.1, 0.15) is 6.29 Å². The van der Waals surface area contributed by atoms with Gasteiger partial charge in [-0.2, -0.15) is 0 Å². The summed E-state index contributed by atoms with van der Waals surface area (Å²) in [6, 6.07) is 10.1. The average Bonchev–Trinajstić information content (AvgIpc) is 2.90. The second-order valence-corrected chi connectivity index (χ2v) is 5.87. The number of aldehydes is 1. The van der Waals surface area contributed by atoms with Crippen LogP contribution in [0, 0.1) is 0 Å². The summed E-state index contributed by atoms with van der Waals surface area (Å²) in [6.07, 6.45) is 5.00. The van der Waals surface area contributed by atoms with Gasteiger partial charge in [-0.3, -0.25) is 9.69 Å². The fourth-order valence-corrected chi connectivity index (χ4v) is 2.95. The van der Waals surface area contributed by atoms with Crippen LogP contribution in [0.15, 0.2) is 30.3 Å². The number of hydrogen-bond donors (Lipinski definition) is 0. The van der Waals surface area contributed by atoms with Gasteiger partial charge in [0.05, 0.1) is 19.1 Å². The monoisotopic (exact) mass is 303 g/mol. The molecule has 0 N–H and O–H groups in total. The lowest BCUT2D eigenvalue weighted by molar-refractivity contribution is -0.145. The van der Waals surface area contributed by atoms with E-state index in [0.717, 1.165) is 32.0 Å². The molecule has 22 heavy (non-hydrogen) atoms. The highest BCUT2D eigenvalue weighted by molar-refractivity contribution is 5.70. The van der Waals surface area contributed by atoms with Gasteiger partial charge in [0.2, 0.25) is 0 Å². The lowest BCUT2D eigenvalue weighted by atomic mass is 10.1. The molecule has 0 saturated carbocycles. The zero-order chi connectivity index (χ0) is 15.8. The van der Waals surface area contributed by atoms with Crippen molar-refractivity contribution in [1.29, 1.82) is 0 Å². The summed E-state index contributed by atoms with van der Waals surface area (Å²) >= 11 is 0. The molecule has 2 atom stereocenters. The summed E-state index contributed by atoms with van der Waals surface area (Å²) < 4.78 is 5.26. The Bertz CT molecular complexity index is 474. The van der Waals surface area contributed by atoms with Crippen LogP contribution in [0.1, 0.15) is 44.6 Å². The quantitative estimate of drug-likeness (QED) is 0.421. The van der Waals surface area contributed by atoms with E-state index in [0.29, 0.717) is 19.6 Å². The molecule has 1 saturated heterocycles. The van der Waals surface area contributed by atoms with Crippen molar-refractivity contribution in [3.05, 3.63) is 35.9 Å². The lowest BCUT2D eigenvalue weighted by Crippen LogP contribution is -2.37. The van der Waals surface area contributed by atoms with Crippen molar-refractivity contribution in [2.45, 2.75) is 57.7 Å². The largest absolute Gasteiger partial charge is 0.466 e. The highest BCUT2D eigenvalue weighted by Crippen LogP contribution is 2.27. The summed E-state index contributed by atoms with van der Waals surface area (Å²) in [7, 11) is 0. The predicted molar refractivity (Wildman–Crippen MR) is 85.3 cm³/mol. The first-order chi connectivity index (χ1) is 10.7. The van der Waals surface area contributed by atoms with Crippen LogP contribution in [0.2, 0.25) is 0 Å². The Morgan fingerprint density at radius 3 is 2.77 bits per heavy atom. The third-order valence-electron chi connectivity index (χ3n) is 4.22. The van der Waals surface area contributed by atoms with Gasteiger partial charge in [-0.1, -0.05) is 43.7 Å². The summed E-state index contributed by atoms with van der Waals surface area (Å²) in [5.74, 6) is -0.150. The number of hydrogen-bond acceptors (Lipinski definition) is 4. The molecular formula is C18H25NO3. The third kappa shape index (κ3) is 4.67. The molecule has 2 rings (SSSR count). The average molecular weight is 303 g/mol. The number of likely N-dealkylation sites (tertiary alicyclic amines) is 1. The second kappa shape index (κ2) is 8.69. The van der Waals surface area contributed by atoms with Crippen molar-refractivity contribution >= 4 is 12.3 Å². The van der Waals surface area contributed by atoms with Crippen LogP contribution in [0.3, 0.4) is 0 Å². The van der Waals surface area contributed by atoms with E-state index in [1.165, 1.54) is 5.56 Å². The number of rotatable bonds is 8. The van der Waals surface area contributed by atoms with E-state index in [1.807, 2.05) is 18.2 Å². The van der Waals surface area contributed by atoms with Gasteiger partial charge in [-0.25, -0.2) is 0 Å². The summed E-state index contributed by atoms with van der Waals surface area (Å²) in [6.45, 7) is 3.27. The molecule has 1 aliphatic rings. The van der Waals surface area contributed by atoms with Gasteiger partial charge in [-0.15, -0.1) is 0 Å². The minimum Gasteiger partial charge on any atom is -0.466 e. The molecule has 1 aromatic carbocycles. The van der Waals surface area contributed by atoms with Crippen molar-refractivity contribution in [2.75, 3.05) is 6.61 Å². The normalized spacial score (nSPS) is 21.7. The van der Waals surface area contributed by atoms with Crippen LogP contribution in [-0.2, 0) is 20.9 Å². The number of nitrogens with zero attached hydrogens (tertiary/aromatic N) is 1. The Morgan fingerprint density at radius 2 is 2.09 bits per heavy atom. The molecule has 1 fully saturated rings. The van der Waals surface area contributed by atoms with Gasteiger partial charge >= 0.3 is 5.97 Å². The van der Waals surface area contributed by atoms with E-state index in [4.69, 9.17) is 4.74 Å². The molecule has 0 aromatic heterocycles. The van der Waals surface area contributed by atoms with Crippen LogP contribution in [0.25, 0.3) is 0 Å². The molecule has 0 amide bonds. The summed E-state index contributed by atoms with van der Waals surface area (Å²) in [5, 5.41) is 0. The maximum absolute atomic E-state index is 11.9. The minimum atomic E-state index is -0.150. The fourth-order valence-electron chi connectivity index (χ4n) is 2.95. The number of unbranched alkanes of at least 4 members (excludes halogenated alkanes) is 1. The van der Waals surface area contributed by atoms with E-state index < -0.39 is 0 Å². The minimum absolute atomic E-state index is 0.0892. The van der Waals surface area contributed by atoms with Crippen molar-refractivity contribution in [3.63, 3.8) is 0 Å². The summed E-state index contributed by atoms with van der Waals surface area (Å²) in [4.78, 5) is 25.4. The van der Waals surface area contributed by atoms with Crippen LogP contribution >= 0.6 is 0 Å². The van der Waals surface area contributed by atoms with Gasteiger partial charge in [-0.05, 0) is 24.8 Å². The zero-order valence-electron chi connectivity index (χ0n) is 13.2. The SMILES string of the molecule is CCCCOC(=O)C[C@H]1CC[C@H](C=O)N1Cc1ccccc1. The Morgan fingerprint density at radius 1 is 1.32 bits per heavy atom. The van der Waals surface area contributed by atoms with E-state index in [2.05, 4.69) is 24.0 Å². The van der Waals surface area contributed by atoms with E-state index in [-0.39, 0.29) is 18.1 Å². The molecule has 1 aliphatic heterocycles. The maximum atomic E-state index is 11.9. The van der Waals surface area contributed by atoms with Crippen LogP contribution in [0.5, 0.6) is 0 Å². The third-order valence-corrected chi connectivity index (χ3v) is 4.22. The molecule has 120 valence electrons. The van der Waals surface area contributed by atoms with Crippen LogP contribution in [0.4, 0.5) is 0 Å². The molecule has 0 unspecified atom stereocenters. The van der Waals surface area contributed by atoms with Gasteiger partial charge < -0.3 is 9.53 Å². The number of esters is 1. The lowest BCUT2D eigenvalue weighted by Gasteiger charge is -2.27.